The molecule has 1 aliphatic carbocycles. The van der Waals surface area contributed by atoms with Crippen LogP contribution >= 0.6 is 0 Å². The van der Waals surface area contributed by atoms with Crippen molar-refractivity contribution in [3.8, 4) is 0 Å². The van der Waals surface area contributed by atoms with E-state index in [0.29, 0.717) is 0 Å². The van der Waals surface area contributed by atoms with Crippen LogP contribution in [0.15, 0.2) is 12.4 Å². The van der Waals surface area contributed by atoms with Crippen LogP contribution in [-0.2, 0) is 13.6 Å². The smallest absolute Gasteiger partial charge is 0.122 e. The molecule has 1 heterocycles. The molecule has 1 fully saturated rings. The second-order valence-corrected chi connectivity index (χ2v) is 6.09. The molecule has 4 nitrogen and oxygen atoms in total. The highest BCUT2D eigenvalue weighted by Gasteiger charge is 2.37. The molecular weight excluding hydrogens is 236 g/mol. The maximum Gasteiger partial charge on any atom is 0.122 e. The molecule has 2 rings (SSSR count). The van der Waals surface area contributed by atoms with Gasteiger partial charge in [0.2, 0.25) is 0 Å². The van der Waals surface area contributed by atoms with Gasteiger partial charge < -0.3 is 10.3 Å². The second kappa shape index (κ2) is 6.06. The summed E-state index contributed by atoms with van der Waals surface area (Å²) in [5, 5.41) is 0. The molecule has 0 bridgehead atoms. The van der Waals surface area contributed by atoms with Gasteiger partial charge in [-0.25, -0.2) is 4.98 Å². The van der Waals surface area contributed by atoms with E-state index in [9.17, 15) is 0 Å². The summed E-state index contributed by atoms with van der Waals surface area (Å²) in [6, 6.07) is 0. The van der Waals surface area contributed by atoms with E-state index in [1.54, 1.807) is 0 Å². The summed E-state index contributed by atoms with van der Waals surface area (Å²) in [6.07, 6.45) is 10.3. The van der Waals surface area contributed by atoms with Gasteiger partial charge in [0.1, 0.15) is 5.82 Å². The highest BCUT2D eigenvalue weighted by atomic mass is 15.2. The fourth-order valence-corrected chi connectivity index (χ4v) is 3.29. The molecule has 0 aromatic carbocycles. The lowest BCUT2D eigenvalue weighted by Gasteiger charge is -2.45. The molecule has 1 saturated carbocycles. The van der Waals surface area contributed by atoms with E-state index in [0.717, 1.165) is 24.8 Å². The first-order valence-electron chi connectivity index (χ1n) is 7.49. The van der Waals surface area contributed by atoms with Crippen LogP contribution in [0.2, 0.25) is 0 Å². The van der Waals surface area contributed by atoms with Crippen molar-refractivity contribution in [2.24, 2.45) is 18.7 Å². The summed E-state index contributed by atoms with van der Waals surface area (Å²) < 4.78 is 2.10. The lowest BCUT2D eigenvalue weighted by atomic mass is 9.74. The molecule has 0 atom stereocenters. The third kappa shape index (κ3) is 3.00. The van der Waals surface area contributed by atoms with Crippen molar-refractivity contribution in [3.63, 3.8) is 0 Å². The topological polar surface area (TPSA) is 47.1 Å². The minimum Gasteiger partial charge on any atom is -0.337 e. The van der Waals surface area contributed by atoms with E-state index in [4.69, 9.17) is 5.73 Å². The average Bonchev–Trinajstić information content (AvgIpc) is 2.84. The lowest BCUT2D eigenvalue weighted by Crippen LogP contribution is -2.53. The minimum atomic E-state index is 0.178. The van der Waals surface area contributed by atoms with Crippen molar-refractivity contribution in [3.05, 3.63) is 18.2 Å². The van der Waals surface area contributed by atoms with Crippen LogP contribution in [0, 0.1) is 5.92 Å². The number of imidazole rings is 1. The van der Waals surface area contributed by atoms with Crippen LogP contribution in [-0.4, -0.2) is 33.6 Å². The maximum absolute atomic E-state index is 6.12. The Labute approximate surface area is 117 Å². The molecule has 1 aromatic rings. The molecule has 4 heteroatoms. The first kappa shape index (κ1) is 14.5. The molecule has 1 aliphatic rings. The summed E-state index contributed by atoms with van der Waals surface area (Å²) in [5.41, 5.74) is 6.30. The van der Waals surface area contributed by atoms with E-state index < -0.39 is 0 Å². The van der Waals surface area contributed by atoms with Crippen molar-refractivity contribution >= 4 is 0 Å². The number of aromatic nitrogens is 2. The van der Waals surface area contributed by atoms with E-state index in [1.165, 1.54) is 32.1 Å². The van der Waals surface area contributed by atoms with Crippen LogP contribution in [0.5, 0.6) is 0 Å². The Hall–Kier alpha value is -0.870. The Morgan fingerprint density at radius 1 is 1.47 bits per heavy atom. The van der Waals surface area contributed by atoms with Crippen LogP contribution in [0.4, 0.5) is 0 Å². The zero-order chi connectivity index (χ0) is 13.9. The summed E-state index contributed by atoms with van der Waals surface area (Å²) in [5.74, 6) is 2.02. The molecule has 19 heavy (non-hydrogen) atoms. The second-order valence-electron chi connectivity index (χ2n) is 6.09. The monoisotopic (exact) mass is 264 g/mol. The molecular formula is C15H28N4. The Morgan fingerprint density at radius 3 is 2.63 bits per heavy atom. The predicted molar refractivity (Wildman–Crippen MR) is 78.7 cm³/mol. The first-order chi connectivity index (χ1) is 9.11. The maximum atomic E-state index is 6.12. The Kier molecular flexibility index (Phi) is 4.63. The highest BCUT2D eigenvalue weighted by Crippen LogP contribution is 2.37. The first-order valence-corrected chi connectivity index (χ1v) is 7.49. The molecule has 0 amide bonds. The van der Waals surface area contributed by atoms with Gasteiger partial charge in [-0.2, -0.15) is 0 Å². The summed E-state index contributed by atoms with van der Waals surface area (Å²) in [6.45, 7) is 3.94. The third-order valence-corrected chi connectivity index (χ3v) is 5.10. The van der Waals surface area contributed by atoms with E-state index in [1.807, 2.05) is 12.4 Å². The van der Waals surface area contributed by atoms with Gasteiger partial charge in [0.25, 0.3) is 0 Å². The predicted octanol–water partition coefficient (Wildman–Crippen LogP) is 2.15. The number of rotatable bonds is 5. The van der Waals surface area contributed by atoms with E-state index >= 15 is 0 Å². The van der Waals surface area contributed by atoms with Crippen molar-refractivity contribution in [1.29, 1.82) is 0 Å². The van der Waals surface area contributed by atoms with Gasteiger partial charge in [0.15, 0.2) is 0 Å². The zero-order valence-corrected chi connectivity index (χ0v) is 12.6. The van der Waals surface area contributed by atoms with Gasteiger partial charge in [0.05, 0.1) is 6.54 Å². The molecule has 0 spiro atoms. The van der Waals surface area contributed by atoms with Gasteiger partial charge in [0, 0.05) is 31.5 Å². The van der Waals surface area contributed by atoms with Gasteiger partial charge in [-0.3, -0.25) is 4.90 Å². The Balaban J connectivity index is 2.03. The molecule has 1 aromatic heterocycles. The quantitative estimate of drug-likeness (QED) is 0.886. The third-order valence-electron chi connectivity index (χ3n) is 5.10. The highest BCUT2D eigenvalue weighted by molar-refractivity contribution is 4.98. The largest absolute Gasteiger partial charge is 0.337 e. The lowest BCUT2D eigenvalue weighted by molar-refractivity contribution is 0.0553. The molecule has 108 valence electrons. The SMILES string of the molecule is CCC1CCC(CN)(N(C)Cc2nccn2C)CC1. The number of aryl methyl sites for hydroxylation is 1. The number of nitrogens with two attached hydrogens (primary N) is 1. The zero-order valence-electron chi connectivity index (χ0n) is 12.6. The standard InChI is InChI=1S/C15H28N4/c1-4-13-5-7-15(12-16,8-6-13)19(3)11-14-17-9-10-18(14)2/h9-10,13H,4-8,11-12,16H2,1-3H3. The van der Waals surface area contributed by atoms with Crippen molar-refractivity contribution < 1.29 is 0 Å². The number of nitrogens with zero attached hydrogens (tertiary/aromatic N) is 3. The average molecular weight is 264 g/mol. The van der Waals surface area contributed by atoms with Crippen LogP contribution in [0.3, 0.4) is 0 Å². The Morgan fingerprint density at radius 2 is 2.16 bits per heavy atom. The number of hydrogen-bond donors (Lipinski definition) is 1. The minimum absolute atomic E-state index is 0.178. The molecule has 0 unspecified atom stereocenters. The number of likely N-dealkylation sites (N-methyl/N-ethyl adjacent to an activating group) is 1. The Bertz CT molecular complexity index is 391. The summed E-state index contributed by atoms with van der Waals surface area (Å²) >= 11 is 0. The van der Waals surface area contributed by atoms with Crippen LogP contribution in [0.1, 0.15) is 44.9 Å². The van der Waals surface area contributed by atoms with Gasteiger partial charge in [-0.05, 0) is 38.6 Å². The fraction of sp³-hybridized carbons (Fsp3) is 0.800. The van der Waals surface area contributed by atoms with Crippen molar-refractivity contribution in [2.75, 3.05) is 13.6 Å². The molecule has 0 radical (unpaired) electrons. The fourth-order valence-electron chi connectivity index (χ4n) is 3.29. The molecule has 0 aliphatic heterocycles. The normalized spacial score (nSPS) is 27.9. The van der Waals surface area contributed by atoms with Gasteiger partial charge in [-0.15, -0.1) is 0 Å². The summed E-state index contributed by atoms with van der Waals surface area (Å²) in [7, 11) is 4.26. The number of hydrogen-bond acceptors (Lipinski definition) is 3. The van der Waals surface area contributed by atoms with Crippen LogP contribution in [0.25, 0.3) is 0 Å². The van der Waals surface area contributed by atoms with Crippen molar-refractivity contribution in [2.45, 2.75) is 51.1 Å². The molecule has 0 saturated heterocycles. The van der Waals surface area contributed by atoms with Crippen molar-refractivity contribution in [1.82, 2.24) is 14.5 Å². The molecule has 2 N–H and O–H groups in total. The van der Waals surface area contributed by atoms with E-state index in [2.05, 4.69) is 35.5 Å². The summed E-state index contributed by atoms with van der Waals surface area (Å²) in [4.78, 5) is 6.86. The van der Waals surface area contributed by atoms with Crippen LogP contribution < -0.4 is 5.73 Å². The van der Waals surface area contributed by atoms with Gasteiger partial charge in [-0.1, -0.05) is 13.3 Å². The van der Waals surface area contributed by atoms with E-state index in [-0.39, 0.29) is 5.54 Å². The van der Waals surface area contributed by atoms with Gasteiger partial charge >= 0.3 is 0 Å².